The molecule has 0 heterocycles. The molecule has 248 valence electrons. The van der Waals surface area contributed by atoms with Gasteiger partial charge >= 0.3 is 12.1 Å². The summed E-state index contributed by atoms with van der Waals surface area (Å²) in [5.41, 5.74) is 0.183. The Morgan fingerprint density at radius 3 is 2.18 bits per heavy atom. The van der Waals surface area contributed by atoms with Crippen LogP contribution in [0, 0.1) is 5.92 Å². The first kappa shape index (κ1) is 36.9. The molecule has 0 aliphatic carbocycles. The Hall–Kier alpha value is -4.28. The van der Waals surface area contributed by atoms with Crippen molar-refractivity contribution in [3.05, 3.63) is 59.7 Å². The Bertz CT molecular complexity index is 1270. The summed E-state index contributed by atoms with van der Waals surface area (Å²) in [6.07, 6.45) is 0.482. The second kappa shape index (κ2) is 17.3. The van der Waals surface area contributed by atoms with Crippen LogP contribution in [0.1, 0.15) is 84.9 Å². The second-order valence-corrected chi connectivity index (χ2v) is 12.5. The molecule has 0 bridgehead atoms. The van der Waals surface area contributed by atoms with Crippen LogP contribution in [0.2, 0.25) is 0 Å². The van der Waals surface area contributed by atoms with Gasteiger partial charge in [0.25, 0.3) is 0 Å². The molecule has 0 radical (unpaired) electrons. The zero-order valence-electron chi connectivity index (χ0n) is 27.5. The average molecular weight is 628 g/mol. The smallest absolute Gasteiger partial charge is 0.408 e. The number of nitrogens with one attached hydrogen (secondary N) is 2. The van der Waals surface area contributed by atoms with Crippen LogP contribution in [0.15, 0.2) is 48.5 Å². The quantitative estimate of drug-likeness (QED) is 0.201. The van der Waals surface area contributed by atoms with Crippen LogP contribution in [0.25, 0.3) is 0 Å². The number of hydrogen-bond donors (Lipinski definition) is 4. The van der Waals surface area contributed by atoms with Gasteiger partial charge in [-0.25, -0.2) is 4.79 Å². The van der Waals surface area contributed by atoms with Crippen molar-refractivity contribution in [3.63, 3.8) is 0 Å². The van der Waals surface area contributed by atoms with Crippen LogP contribution >= 0.6 is 0 Å². The van der Waals surface area contributed by atoms with Crippen LogP contribution in [-0.4, -0.2) is 69.8 Å². The molecular formula is C34H49N3O8. The highest BCUT2D eigenvalue weighted by Gasteiger charge is 2.39. The van der Waals surface area contributed by atoms with Crippen molar-refractivity contribution in [1.82, 2.24) is 15.5 Å². The standard InChI is InChI=1S/C34H49N3O8/c1-8-44-29(40)18-19-35-31(41)30(25-10-9-11-27(39)21-25)37(23(4)13-12-22(2)3)32(42)28(36-33(43)45-34(5,6)7)20-24-14-16-26(38)17-15-24/h9-11,14-17,21-23,28,30,38-39H,8,12-13,18-20H2,1-7H3,(H,35,41)(H,36,43). The Balaban J connectivity index is 2.61. The lowest BCUT2D eigenvalue weighted by Crippen LogP contribution is -2.56. The fourth-order valence-electron chi connectivity index (χ4n) is 4.76. The monoisotopic (exact) mass is 627 g/mol. The van der Waals surface area contributed by atoms with Crippen molar-refractivity contribution in [1.29, 1.82) is 0 Å². The second-order valence-electron chi connectivity index (χ2n) is 12.5. The Kier molecular flexibility index (Phi) is 14.2. The molecule has 45 heavy (non-hydrogen) atoms. The fraction of sp³-hybridized carbons (Fsp3) is 0.529. The molecule has 0 spiro atoms. The number of hydrogen-bond acceptors (Lipinski definition) is 8. The Labute approximate surface area is 266 Å². The molecular weight excluding hydrogens is 578 g/mol. The lowest BCUT2D eigenvalue weighted by atomic mass is 9.95. The number of nitrogens with zero attached hydrogens (tertiary/aromatic N) is 1. The van der Waals surface area contributed by atoms with Gasteiger partial charge < -0.3 is 35.2 Å². The molecule has 0 aliphatic rings. The van der Waals surface area contributed by atoms with Gasteiger partial charge in [-0.15, -0.1) is 0 Å². The van der Waals surface area contributed by atoms with Gasteiger partial charge in [0.15, 0.2) is 0 Å². The first-order chi connectivity index (χ1) is 21.1. The zero-order valence-corrected chi connectivity index (χ0v) is 27.5. The summed E-state index contributed by atoms with van der Waals surface area (Å²) in [4.78, 5) is 55.0. The molecule has 0 fully saturated rings. The van der Waals surface area contributed by atoms with E-state index < -0.39 is 47.6 Å². The summed E-state index contributed by atoms with van der Waals surface area (Å²) in [6.45, 7) is 13.0. The fourth-order valence-corrected chi connectivity index (χ4v) is 4.76. The van der Waals surface area contributed by atoms with Crippen LogP contribution < -0.4 is 10.6 Å². The molecule has 11 heteroatoms. The van der Waals surface area contributed by atoms with Crippen molar-refractivity contribution in [2.24, 2.45) is 5.92 Å². The number of alkyl carbamates (subject to hydrolysis) is 1. The maximum atomic E-state index is 14.7. The number of phenolic OH excluding ortho intramolecular Hbond substituents is 2. The SMILES string of the molecule is CCOC(=O)CCNC(=O)C(c1cccc(O)c1)N(C(=O)C(Cc1ccc(O)cc1)NC(=O)OC(C)(C)C)C(C)CCC(C)C. The van der Waals surface area contributed by atoms with Crippen LogP contribution in [0.3, 0.4) is 0 Å². The van der Waals surface area contributed by atoms with E-state index in [2.05, 4.69) is 24.5 Å². The number of carbonyl (C=O) groups excluding carboxylic acids is 4. The van der Waals surface area contributed by atoms with Crippen molar-refractivity contribution in [3.8, 4) is 11.5 Å². The third-order valence-corrected chi connectivity index (χ3v) is 6.90. The first-order valence-corrected chi connectivity index (χ1v) is 15.4. The molecule has 11 nitrogen and oxygen atoms in total. The van der Waals surface area contributed by atoms with Crippen molar-refractivity contribution >= 4 is 23.9 Å². The molecule has 3 atom stereocenters. The molecule has 3 unspecified atom stereocenters. The Morgan fingerprint density at radius 1 is 0.933 bits per heavy atom. The maximum Gasteiger partial charge on any atom is 0.408 e. The van der Waals surface area contributed by atoms with Gasteiger partial charge in [-0.1, -0.05) is 38.1 Å². The third kappa shape index (κ3) is 12.7. The van der Waals surface area contributed by atoms with E-state index in [-0.39, 0.29) is 37.5 Å². The molecule has 2 aromatic rings. The molecule has 0 aromatic heterocycles. The van der Waals surface area contributed by atoms with Crippen LogP contribution in [-0.2, 0) is 30.3 Å². The number of rotatable bonds is 15. The van der Waals surface area contributed by atoms with Crippen LogP contribution in [0.4, 0.5) is 4.79 Å². The molecule has 0 saturated heterocycles. The van der Waals surface area contributed by atoms with Gasteiger partial charge in [-0.05, 0) is 88.8 Å². The van der Waals surface area contributed by atoms with E-state index in [1.54, 1.807) is 52.0 Å². The van der Waals surface area contributed by atoms with Gasteiger partial charge in [0.1, 0.15) is 29.2 Å². The average Bonchev–Trinajstić information content (AvgIpc) is 2.94. The largest absolute Gasteiger partial charge is 0.508 e. The molecule has 2 rings (SSSR count). The van der Waals surface area contributed by atoms with Crippen LogP contribution in [0.5, 0.6) is 11.5 Å². The minimum absolute atomic E-state index is 0.0253. The highest BCUT2D eigenvalue weighted by Crippen LogP contribution is 2.30. The molecule has 0 saturated carbocycles. The molecule has 0 aliphatic heterocycles. The molecule has 2 aromatic carbocycles. The summed E-state index contributed by atoms with van der Waals surface area (Å²) in [5.74, 6) is -1.30. The van der Waals surface area contributed by atoms with E-state index in [4.69, 9.17) is 9.47 Å². The van der Waals surface area contributed by atoms with E-state index in [1.165, 1.54) is 29.2 Å². The van der Waals surface area contributed by atoms with Gasteiger partial charge in [-0.2, -0.15) is 0 Å². The van der Waals surface area contributed by atoms with E-state index >= 15 is 0 Å². The van der Waals surface area contributed by atoms with Gasteiger partial charge in [0.2, 0.25) is 11.8 Å². The number of benzene rings is 2. The number of carbonyl (C=O) groups is 4. The highest BCUT2D eigenvalue weighted by molar-refractivity contribution is 5.92. The molecule has 4 N–H and O–H groups in total. The summed E-state index contributed by atoms with van der Waals surface area (Å²) in [7, 11) is 0. The summed E-state index contributed by atoms with van der Waals surface area (Å²) in [6, 6.07) is 9.52. The lowest BCUT2D eigenvalue weighted by molar-refractivity contribution is -0.146. The summed E-state index contributed by atoms with van der Waals surface area (Å²) < 4.78 is 10.5. The number of aromatic hydroxyl groups is 2. The first-order valence-electron chi connectivity index (χ1n) is 15.4. The Morgan fingerprint density at radius 2 is 1.60 bits per heavy atom. The molecule has 3 amide bonds. The topological polar surface area (TPSA) is 154 Å². The zero-order chi connectivity index (χ0) is 33.7. The van der Waals surface area contributed by atoms with Crippen molar-refractivity contribution in [2.75, 3.05) is 13.2 Å². The number of esters is 1. The lowest BCUT2D eigenvalue weighted by Gasteiger charge is -2.39. The van der Waals surface area contributed by atoms with E-state index in [0.717, 1.165) is 6.42 Å². The van der Waals surface area contributed by atoms with E-state index in [9.17, 15) is 29.4 Å². The van der Waals surface area contributed by atoms with E-state index in [1.807, 2.05) is 6.92 Å². The normalized spacial score (nSPS) is 13.3. The minimum atomic E-state index is -1.21. The van der Waals surface area contributed by atoms with E-state index in [0.29, 0.717) is 23.5 Å². The van der Waals surface area contributed by atoms with Crippen molar-refractivity contribution < 1.29 is 38.9 Å². The number of amides is 3. The third-order valence-electron chi connectivity index (χ3n) is 6.90. The van der Waals surface area contributed by atoms with Gasteiger partial charge in [0, 0.05) is 19.0 Å². The van der Waals surface area contributed by atoms with Gasteiger partial charge in [0.05, 0.1) is 13.0 Å². The maximum absolute atomic E-state index is 14.7. The number of ether oxygens (including phenoxy) is 2. The summed E-state index contributed by atoms with van der Waals surface area (Å²) in [5, 5.41) is 25.6. The van der Waals surface area contributed by atoms with Crippen molar-refractivity contribution in [2.45, 2.75) is 97.9 Å². The van der Waals surface area contributed by atoms with Gasteiger partial charge in [-0.3, -0.25) is 14.4 Å². The predicted molar refractivity (Wildman–Crippen MR) is 170 cm³/mol. The summed E-state index contributed by atoms with van der Waals surface area (Å²) >= 11 is 0. The highest BCUT2D eigenvalue weighted by atomic mass is 16.6. The number of phenols is 2. The predicted octanol–water partition coefficient (Wildman–Crippen LogP) is 5.00. The minimum Gasteiger partial charge on any atom is -0.508 e.